The predicted molar refractivity (Wildman–Crippen MR) is 103 cm³/mol. The lowest BCUT2D eigenvalue weighted by molar-refractivity contribution is 0.150. The maximum absolute atomic E-state index is 13.1. The molecule has 1 N–H and O–H groups in total. The van der Waals surface area contributed by atoms with Gasteiger partial charge in [0.15, 0.2) is 0 Å². The third-order valence-corrected chi connectivity index (χ3v) is 6.67. The van der Waals surface area contributed by atoms with Gasteiger partial charge in [0, 0.05) is 5.41 Å². The molecule has 0 spiro atoms. The van der Waals surface area contributed by atoms with Gasteiger partial charge in [0.1, 0.15) is 0 Å². The second kappa shape index (κ2) is 6.52. The van der Waals surface area contributed by atoms with Crippen molar-refractivity contribution in [3.05, 3.63) is 65.2 Å². The van der Waals surface area contributed by atoms with E-state index < -0.39 is 21.5 Å². The van der Waals surface area contributed by atoms with Crippen LogP contribution < -0.4 is 0 Å². The minimum atomic E-state index is -3.85. The van der Waals surface area contributed by atoms with Gasteiger partial charge in [0.05, 0.1) is 23.3 Å². The van der Waals surface area contributed by atoms with Crippen LogP contribution in [-0.2, 0) is 10.0 Å². The van der Waals surface area contributed by atoms with E-state index in [2.05, 4.69) is 5.10 Å². The fraction of sp³-hybridized carbons (Fsp3) is 0.350. The molecule has 0 bridgehead atoms. The molecule has 1 atom stereocenters. The molecule has 0 saturated carbocycles. The van der Waals surface area contributed by atoms with Crippen LogP contribution in [0.3, 0.4) is 0 Å². The van der Waals surface area contributed by atoms with Crippen LogP contribution >= 0.6 is 0 Å². The molecular formula is C20H24N2O3S. The fourth-order valence-corrected chi connectivity index (χ4v) is 4.76. The highest BCUT2D eigenvalue weighted by atomic mass is 32.2. The number of hydrogen-bond acceptors (Lipinski definition) is 4. The first-order chi connectivity index (χ1) is 12.2. The Bertz CT molecular complexity index is 930. The smallest absolute Gasteiger partial charge is 0.279 e. The molecule has 0 radical (unpaired) electrons. The summed E-state index contributed by atoms with van der Waals surface area (Å²) in [5.74, 6) is 0. The number of sulfonamides is 1. The number of hydrazone groups is 1. The Morgan fingerprint density at radius 3 is 2.00 bits per heavy atom. The monoisotopic (exact) mass is 372 g/mol. The zero-order chi connectivity index (χ0) is 19.1. The Morgan fingerprint density at radius 2 is 1.50 bits per heavy atom. The molecular weight excluding hydrogens is 348 g/mol. The van der Waals surface area contributed by atoms with E-state index in [-0.39, 0.29) is 11.5 Å². The minimum absolute atomic E-state index is 0.172. The number of hydrogen-bond donors (Lipinski definition) is 1. The van der Waals surface area contributed by atoms with Crippen LogP contribution in [0.15, 0.2) is 58.5 Å². The molecule has 1 aliphatic heterocycles. The van der Waals surface area contributed by atoms with E-state index in [1.165, 1.54) is 0 Å². The lowest BCUT2D eigenvalue weighted by Crippen LogP contribution is -2.44. The Balaban J connectivity index is 2.10. The molecule has 0 fully saturated rings. The SMILES string of the molecule is Cc1ccc(C2=NN(S(=O)(=O)c3ccc(C)cc3)C(CO)C2(C)C)cc1. The van der Waals surface area contributed by atoms with Gasteiger partial charge in [-0.05, 0) is 31.5 Å². The van der Waals surface area contributed by atoms with Crippen molar-refractivity contribution in [3.63, 3.8) is 0 Å². The molecule has 1 heterocycles. The van der Waals surface area contributed by atoms with Crippen LogP contribution in [0.25, 0.3) is 0 Å². The maximum atomic E-state index is 13.1. The molecule has 26 heavy (non-hydrogen) atoms. The lowest BCUT2D eigenvalue weighted by Gasteiger charge is -2.31. The molecule has 2 aromatic carbocycles. The van der Waals surface area contributed by atoms with Crippen molar-refractivity contribution < 1.29 is 13.5 Å². The zero-order valence-electron chi connectivity index (χ0n) is 15.5. The first-order valence-corrected chi connectivity index (χ1v) is 10.00. The Kier molecular flexibility index (Phi) is 4.67. The summed E-state index contributed by atoms with van der Waals surface area (Å²) in [6.45, 7) is 7.42. The van der Waals surface area contributed by atoms with Crippen molar-refractivity contribution in [3.8, 4) is 0 Å². The average molecular weight is 372 g/mol. The van der Waals surface area contributed by atoms with Gasteiger partial charge in [0.2, 0.25) is 0 Å². The number of nitrogens with zero attached hydrogens (tertiary/aromatic N) is 2. The number of rotatable bonds is 4. The van der Waals surface area contributed by atoms with Crippen LogP contribution in [0.1, 0.15) is 30.5 Å². The quantitative estimate of drug-likeness (QED) is 0.896. The van der Waals surface area contributed by atoms with E-state index in [0.717, 1.165) is 21.1 Å². The number of aliphatic hydroxyl groups excluding tert-OH is 1. The predicted octanol–water partition coefficient (Wildman–Crippen LogP) is 3.10. The molecule has 3 rings (SSSR count). The van der Waals surface area contributed by atoms with Crippen LogP contribution in [-0.4, -0.2) is 36.3 Å². The fourth-order valence-electron chi connectivity index (χ4n) is 3.21. The minimum Gasteiger partial charge on any atom is -0.394 e. The van der Waals surface area contributed by atoms with Crippen molar-refractivity contribution in [2.24, 2.45) is 10.5 Å². The Labute approximate surface area is 155 Å². The van der Waals surface area contributed by atoms with Crippen molar-refractivity contribution in [2.45, 2.75) is 38.6 Å². The van der Waals surface area contributed by atoms with Crippen LogP contribution in [0.5, 0.6) is 0 Å². The van der Waals surface area contributed by atoms with Crippen LogP contribution in [0.4, 0.5) is 0 Å². The van der Waals surface area contributed by atoms with Crippen LogP contribution in [0, 0.1) is 19.3 Å². The summed E-state index contributed by atoms with van der Waals surface area (Å²) in [6, 6.07) is 13.8. The summed E-state index contributed by atoms with van der Waals surface area (Å²) in [5, 5.41) is 14.4. The number of aliphatic hydroxyl groups is 1. The lowest BCUT2D eigenvalue weighted by atomic mass is 9.78. The highest BCUT2D eigenvalue weighted by molar-refractivity contribution is 7.89. The first-order valence-electron chi connectivity index (χ1n) is 8.56. The van der Waals surface area contributed by atoms with Crippen molar-refractivity contribution in [1.82, 2.24) is 4.41 Å². The topological polar surface area (TPSA) is 70.0 Å². The summed E-state index contributed by atoms with van der Waals surface area (Å²) < 4.78 is 27.4. The third kappa shape index (κ3) is 3.04. The molecule has 138 valence electrons. The molecule has 0 amide bonds. The van der Waals surface area contributed by atoms with E-state index in [9.17, 15) is 13.5 Å². The third-order valence-electron chi connectivity index (χ3n) is 4.97. The highest BCUT2D eigenvalue weighted by Crippen LogP contribution is 2.39. The normalized spacial score (nSPS) is 19.5. The van der Waals surface area contributed by atoms with Crippen molar-refractivity contribution >= 4 is 15.7 Å². The van der Waals surface area contributed by atoms with E-state index >= 15 is 0 Å². The van der Waals surface area contributed by atoms with E-state index in [1.54, 1.807) is 24.3 Å². The molecule has 0 saturated heterocycles. The van der Waals surface area contributed by atoms with Crippen LogP contribution in [0.2, 0.25) is 0 Å². The second-order valence-corrected chi connectivity index (χ2v) is 9.12. The van der Waals surface area contributed by atoms with E-state index in [1.807, 2.05) is 52.0 Å². The number of aryl methyl sites for hydroxylation is 2. The van der Waals surface area contributed by atoms with Crippen molar-refractivity contribution in [1.29, 1.82) is 0 Å². The van der Waals surface area contributed by atoms with Gasteiger partial charge in [0.25, 0.3) is 10.0 Å². The van der Waals surface area contributed by atoms with Crippen molar-refractivity contribution in [2.75, 3.05) is 6.61 Å². The van der Waals surface area contributed by atoms with Gasteiger partial charge >= 0.3 is 0 Å². The van der Waals surface area contributed by atoms with Gasteiger partial charge in [-0.15, -0.1) is 0 Å². The number of benzene rings is 2. The van der Waals surface area contributed by atoms with Gasteiger partial charge in [-0.3, -0.25) is 0 Å². The summed E-state index contributed by atoms with van der Waals surface area (Å²) in [7, 11) is -3.85. The zero-order valence-corrected chi connectivity index (χ0v) is 16.3. The summed E-state index contributed by atoms with van der Waals surface area (Å²) >= 11 is 0. The highest BCUT2D eigenvalue weighted by Gasteiger charge is 2.49. The maximum Gasteiger partial charge on any atom is 0.279 e. The van der Waals surface area contributed by atoms with E-state index in [0.29, 0.717) is 5.71 Å². The molecule has 1 aliphatic rings. The first kappa shape index (κ1) is 18.6. The second-order valence-electron chi connectivity index (χ2n) is 7.33. The van der Waals surface area contributed by atoms with Gasteiger partial charge in [-0.25, -0.2) is 0 Å². The molecule has 6 heteroatoms. The molecule has 5 nitrogen and oxygen atoms in total. The Morgan fingerprint density at radius 1 is 1.00 bits per heavy atom. The molecule has 0 aliphatic carbocycles. The molecule has 1 unspecified atom stereocenters. The standard InChI is InChI=1S/C20H24N2O3S/c1-14-5-9-16(10-6-14)19-20(3,4)18(13-23)22(21-19)26(24,25)17-11-7-15(2)8-12-17/h5-12,18,23H,13H2,1-4H3. The summed E-state index contributed by atoms with van der Waals surface area (Å²) in [6.07, 6.45) is 0. The van der Waals surface area contributed by atoms with Gasteiger partial charge < -0.3 is 5.11 Å². The molecule has 0 aromatic heterocycles. The summed E-state index contributed by atoms with van der Waals surface area (Å²) in [5.41, 5.74) is 3.00. The average Bonchev–Trinajstić information content (AvgIpc) is 2.87. The van der Waals surface area contributed by atoms with E-state index in [4.69, 9.17) is 0 Å². The Hall–Kier alpha value is -2.18. The molecule has 2 aromatic rings. The summed E-state index contributed by atoms with van der Waals surface area (Å²) in [4.78, 5) is 0.172. The largest absolute Gasteiger partial charge is 0.394 e. The van der Waals surface area contributed by atoms with Gasteiger partial charge in [-0.2, -0.15) is 17.9 Å². The van der Waals surface area contributed by atoms with Gasteiger partial charge in [-0.1, -0.05) is 61.4 Å².